The Morgan fingerprint density at radius 1 is 0.833 bits per heavy atom. The van der Waals surface area contributed by atoms with Crippen LogP contribution in [-0.2, 0) is 29.7 Å². The van der Waals surface area contributed by atoms with E-state index in [0.29, 0.717) is 26.1 Å². The zero-order valence-corrected chi connectivity index (χ0v) is 18.8. The highest BCUT2D eigenvalue weighted by molar-refractivity contribution is 5.84. The number of carbonyl (C=O) groups is 2. The summed E-state index contributed by atoms with van der Waals surface area (Å²) in [5.41, 5.74) is 2.17. The molecule has 0 saturated carbocycles. The van der Waals surface area contributed by atoms with Gasteiger partial charge in [0.1, 0.15) is 0 Å². The Bertz CT molecular complexity index is 770. The highest BCUT2D eigenvalue weighted by Gasteiger charge is 2.22. The van der Waals surface area contributed by atoms with E-state index in [0.717, 1.165) is 43.4 Å². The van der Waals surface area contributed by atoms with Crippen molar-refractivity contribution in [2.75, 3.05) is 13.1 Å². The molecular weight excluding hydrogens is 374 g/mol. The van der Waals surface area contributed by atoms with Gasteiger partial charge in [-0.25, -0.2) is 0 Å². The Labute approximate surface area is 181 Å². The van der Waals surface area contributed by atoms with E-state index in [4.69, 9.17) is 0 Å². The molecule has 0 bridgehead atoms. The summed E-state index contributed by atoms with van der Waals surface area (Å²) in [6.07, 6.45) is 7.47. The normalized spacial score (nSPS) is 10.8. The molecule has 0 aliphatic rings. The van der Waals surface area contributed by atoms with Crippen LogP contribution in [0.2, 0.25) is 0 Å². The van der Waals surface area contributed by atoms with Crippen LogP contribution in [0.3, 0.4) is 0 Å². The Morgan fingerprint density at radius 3 is 2.20 bits per heavy atom. The monoisotopic (exact) mass is 411 g/mol. The van der Waals surface area contributed by atoms with Crippen molar-refractivity contribution in [3.8, 4) is 0 Å². The Kier molecular flexibility index (Phi) is 10.2. The number of aromatic nitrogens is 1. The number of nitrogens with zero attached hydrogens (tertiary/aromatic N) is 3. The van der Waals surface area contributed by atoms with Gasteiger partial charge in [-0.05, 0) is 30.5 Å². The number of hydrogen-bond donors (Lipinski definition) is 0. The lowest BCUT2D eigenvalue weighted by molar-refractivity contribution is -0.141. The molecule has 1 aromatic carbocycles. The van der Waals surface area contributed by atoms with E-state index in [1.54, 1.807) is 4.90 Å². The zero-order chi connectivity index (χ0) is 21.8. The largest absolute Gasteiger partial charge is 0.353 e. The molecule has 30 heavy (non-hydrogen) atoms. The highest BCUT2D eigenvalue weighted by atomic mass is 16.2. The number of unbranched alkanes of at least 4 members (excludes halogenated alkanes) is 3. The molecule has 0 spiro atoms. The summed E-state index contributed by atoms with van der Waals surface area (Å²) in [5, 5.41) is 0. The summed E-state index contributed by atoms with van der Waals surface area (Å²) in [4.78, 5) is 29.7. The first-order chi connectivity index (χ1) is 14.5. The molecule has 2 amide bonds. The van der Waals surface area contributed by atoms with Crippen LogP contribution >= 0.6 is 0 Å². The molecule has 0 aliphatic carbocycles. The van der Waals surface area contributed by atoms with Gasteiger partial charge in [0.15, 0.2) is 0 Å². The molecule has 0 radical (unpaired) electrons. The van der Waals surface area contributed by atoms with Crippen molar-refractivity contribution in [1.29, 1.82) is 0 Å². The number of hydrogen-bond acceptors (Lipinski definition) is 2. The second-order valence-corrected chi connectivity index (χ2v) is 7.97. The summed E-state index contributed by atoms with van der Waals surface area (Å²) < 4.78 is 2.04. The minimum absolute atomic E-state index is 0.00000218. The van der Waals surface area contributed by atoms with Crippen LogP contribution in [-0.4, -0.2) is 39.3 Å². The SMILES string of the molecule is CCCCCC(=O)N(CCCC)CC(=O)N(Cc1ccccc1)Cc1cccn1C. The molecule has 0 aliphatic heterocycles. The van der Waals surface area contributed by atoms with Crippen molar-refractivity contribution in [3.05, 3.63) is 59.9 Å². The average molecular weight is 412 g/mol. The van der Waals surface area contributed by atoms with Gasteiger partial charge in [0.2, 0.25) is 11.8 Å². The van der Waals surface area contributed by atoms with Crippen LogP contribution in [0.1, 0.15) is 63.6 Å². The minimum Gasteiger partial charge on any atom is -0.353 e. The lowest BCUT2D eigenvalue weighted by Crippen LogP contribution is -2.43. The molecule has 2 aromatic rings. The van der Waals surface area contributed by atoms with Gasteiger partial charge in [0.05, 0.1) is 13.1 Å². The first kappa shape index (κ1) is 23.7. The molecule has 0 fully saturated rings. The fourth-order valence-electron chi connectivity index (χ4n) is 3.48. The van der Waals surface area contributed by atoms with Crippen molar-refractivity contribution < 1.29 is 9.59 Å². The van der Waals surface area contributed by atoms with Crippen molar-refractivity contribution in [3.63, 3.8) is 0 Å². The van der Waals surface area contributed by atoms with Gasteiger partial charge in [-0.2, -0.15) is 0 Å². The van der Waals surface area contributed by atoms with Crippen molar-refractivity contribution in [1.82, 2.24) is 14.4 Å². The Morgan fingerprint density at radius 2 is 1.57 bits per heavy atom. The summed E-state index contributed by atoms with van der Waals surface area (Å²) in [6.45, 7) is 6.12. The second kappa shape index (κ2) is 12.9. The van der Waals surface area contributed by atoms with Crippen molar-refractivity contribution in [2.45, 2.75) is 65.5 Å². The lowest BCUT2D eigenvalue weighted by atomic mass is 10.1. The van der Waals surface area contributed by atoms with Crippen molar-refractivity contribution >= 4 is 11.8 Å². The minimum atomic E-state index is -0.00000218. The molecule has 2 rings (SSSR count). The predicted molar refractivity (Wildman–Crippen MR) is 122 cm³/mol. The van der Waals surface area contributed by atoms with E-state index < -0.39 is 0 Å². The van der Waals surface area contributed by atoms with E-state index in [1.165, 1.54) is 0 Å². The molecule has 1 aromatic heterocycles. The summed E-state index contributed by atoms with van der Waals surface area (Å²) in [7, 11) is 1.99. The maximum Gasteiger partial charge on any atom is 0.242 e. The third-order valence-corrected chi connectivity index (χ3v) is 5.43. The average Bonchev–Trinajstić information content (AvgIpc) is 3.15. The summed E-state index contributed by atoms with van der Waals surface area (Å²) >= 11 is 0. The van der Waals surface area contributed by atoms with Crippen LogP contribution in [0.25, 0.3) is 0 Å². The third-order valence-electron chi connectivity index (χ3n) is 5.43. The smallest absolute Gasteiger partial charge is 0.242 e. The number of rotatable bonds is 13. The number of amides is 2. The summed E-state index contributed by atoms with van der Waals surface area (Å²) in [6, 6.07) is 14.1. The fraction of sp³-hybridized carbons (Fsp3) is 0.520. The van der Waals surface area contributed by atoms with Gasteiger partial charge in [0.25, 0.3) is 0 Å². The maximum atomic E-state index is 13.3. The van der Waals surface area contributed by atoms with Gasteiger partial charge in [-0.3, -0.25) is 9.59 Å². The first-order valence-corrected chi connectivity index (χ1v) is 11.2. The van der Waals surface area contributed by atoms with Crippen molar-refractivity contribution in [2.24, 2.45) is 7.05 Å². The van der Waals surface area contributed by atoms with E-state index in [2.05, 4.69) is 13.8 Å². The molecule has 5 heteroatoms. The molecule has 0 atom stereocenters. The molecule has 0 N–H and O–H groups in total. The molecule has 0 saturated heterocycles. The highest BCUT2D eigenvalue weighted by Crippen LogP contribution is 2.13. The lowest BCUT2D eigenvalue weighted by Gasteiger charge is -2.28. The molecule has 164 valence electrons. The molecule has 1 heterocycles. The third kappa shape index (κ3) is 7.69. The Hall–Kier alpha value is -2.56. The molecular formula is C25H37N3O2. The quantitative estimate of drug-likeness (QED) is 0.446. The van der Waals surface area contributed by atoms with Gasteiger partial charge < -0.3 is 14.4 Å². The zero-order valence-electron chi connectivity index (χ0n) is 18.8. The van der Waals surface area contributed by atoms with E-state index in [9.17, 15) is 9.59 Å². The topological polar surface area (TPSA) is 45.6 Å². The summed E-state index contributed by atoms with van der Waals surface area (Å²) in [5.74, 6) is 0.101. The first-order valence-electron chi connectivity index (χ1n) is 11.2. The standard InChI is InChI=1S/C25H37N3O2/c1-4-6-9-16-24(29)27(18-7-5-2)21-25(30)28(19-22-13-10-8-11-14-22)20-23-15-12-17-26(23)3/h8,10-15,17H,4-7,9,16,18-21H2,1-3H3. The van der Waals surface area contributed by atoms with Gasteiger partial charge >= 0.3 is 0 Å². The van der Waals surface area contributed by atoms with Crippen LogP contribution in [0.5, 0.6) is 0 Å². The van der Waals surface area contributed by atoms with Gasteiger partial charge in [-0.1, -0.05) is 63.4 Å². The predicted octanol–water partition coefficient (Wildman–Crippen LogP) is 4.76. The van der Waals surface area contributed by atoms with E-state index >= 15 is 0 Å². The molecule has 0 unspecified atom stereocenters. The number of aryl methyl sites for hydroxylation is 1. The maximum absolute atomic E-state index is 13.3. The fourth-order valence-corrected chi connectivity index (χ4v) is 3.48. The molecule has 5 nitrogen and oxygen atoms in total. The van der Waals surface area contributed by atoms with Crippen LogP contribution in [0.15, 0.2) is 48.7 Å². The van der Waals surface area contributed by atoms with Crippen LogP contribution in [0.4, 0.5) is 0 Å². The van der Waals surface area contributed by atoms with Crippen LogP contribution in [0, 0.1) is 0 Å². The number of benzene rings is 1. The Balaban J connectivity index is 2.12. The van der Waals surface area contributed by atoms with E-state index in [1.807, 2.05) is 65.2 Å². The van der Waals surface area contributed by atoms with E-state index in [-0.39, 0.29) is 18.4 Å². The second-order valence-electron chi connectivity index (χ2n) is 7.97. The van der Waals surface area contributed by atoms with Gasteiger partial charge in [0, 0.05) is 38.4 Å². The number of carbonyl (C=O) groups excluding carboxylic acids is 2. The van der Waals surface area contributed by atoms with Gasteiger partial charge in [-0.15, -0.1) is 0 Å². The van der Waals surface area contributed by atoms with Crippen LogP contribution < -0.4 is 0 Å².